The first-order valence-corrected chi connectivity index (χ1v) is 8.23. The molecule has 0 radical (unpaired) electrons. The maximum Gasteiger partial charge on any atom is 0.313 e. The van der Waals surface area contributed by atoms with Gasteiger partial charge in [-0.15, -0.1) is 0 Å². The largest absolute Gasteiger partial charge is 0.481 e. The van der Waals surface area contributed by atoms with Crippen LogP contribution in [0.4, 0.5) is 0 Å². The molecule has 4 nitrogen and oxygen atoms in total. The number of aromatic nitrogens is 2. The molecular weight excluding hydrogens is 272 g/mol. The lowest BCUT2D eigenvalue weighted by molar-refractivity contribution is -0.133. The number of thioether (sulfide) groups is 1. The van der Waals surface area contributed by atoms with E-state index in [1.54, 1.807) is 0 Å². The molecule has 0 aromatic carbocycles. The van der Waals surface area contributed by atoms with Gasteiger partial charge in [0.05, 0.1) is 5.75 Å². The van der Waals surface area contributed by atoms with Crippen LogP contribution in [0, 0.1) is 5.41 Å². The maximum absolute atomic E-state index is 10.8. The van der Waals surface area contributed by atoms with E-state index in [-0.39, 0.29) is 11.2 Å². The highest BCUT2D eigenvalue weighted by Crippen LogP contribution is 2.48. The smallest absolute Gasteiger partial charge is 0.313 e. The van der Waals surface area contributed by atoms with Crippen molar-refractivity contribution in [1.29, 1.82) is 0 Å². The van der Waals surface area contributed by atoms with Crippen molar-refractivity contribution >= 4 is 17.7 Å². The summed E-state index contributed by atoms with van der Waals surface area (Å²) in [5.74, 6) is -0.318. The van der Waals surface area contributed by atoms with Gasteiger partial charge in [0.25, 0.3) is 0 Å². The Labute approximate surface area is 125 Å². The van der Waals surface area contributed by atoms with Gasteiger partial charge in [-0.25, -0.2) is 4.98 Å². The summed E-state index contributed by atoms with van der Waals surface area (Å²) in [5.41, 5.74) is 1.47. The van der Waals surface area contributed by atoms with Crippen LogP contribution in [0.5, 0.6) is 0 Å². The third kappa shape index (κ3) is 3.03. The molecule has 2 rings (SSSR count). The molecule has 1 saturated carbocycles. The first-order chi connectivity index (χ1) is 9.33. The van der Waals surface area contributed by atoms with Gasteiger partial charge in [-0.2, -0.15) is 0 Å². The normalized spacial score (nSPS) is 21.6. The maximum atomic E-state index is 10.8. The van der Waals surface area contributed by atoms with Crippen LogP contribution in [0.1, 0.15) is 64.6 Å². The Morgan fingerprint density at radius 3 is 2.80 bits per heavy atom. The van der Waals surface area contributed by atoms with Gasteiger partial charge in [0, 0.05) is 17.9 Å². The van der Waals surface area contributed by atoms with Crippen molar-refractivity contribution < 1.29 is 9.90 Å². The minimum absolute atomic E-state index is 0.0711. The lowest BCUT2D eigenvalue weighted by Crippen LogP contribution is -2.24. The van der Waals surface area contributed by atoms with Crippen molar-refractivity contribution in [3.05, 3.63) is 11.9 Å². The Morgan fingerprint density at radius 2 is 2.30 bits per heavy atom. The number of nitrogens with zero attached hydrogens (tertiary/aromatic N) is 2. The number of carboxylic acids is 1. The standard InChI is InChI=1S/C15H24N2O2S/c1-10(2)11-8-16-14(20-9-13(18)19)17(11)12-6-5-7-15(12,3)4/h8,10,12H,5-7,9H2,1-4H3,(H,18,19). The summed E-state index contributed by atoms with van der Waals surface area (Å²) in [6, 6.07) is 0.429. The van der Waals surface area contributed by atoms with E-state index in [9.17, 15) is 4.79 Å². The zero-order chi connectivity index (χ0) is 14.9. The molecule has 1 N–H and O–H groups in total. The van der Waals surface area contributed by atoms with Crippen LogP contribution in [0.15, 0.2) is 11.4 Å². The molecule has 20 heavy (non-hydrogen) atoms. The number of hydrogen-bond acceptors (Lipinski definition) is 3. The average molecular weight is 296 g/mol. The van der Waals surface area contributed by atoms with Crippen molar-refractivity contribution in [2.45, 2.75) is 64.1 Å². The van der Waals surface area contributed by atoms with Crippen molar-refractivity contribution in [2.24, 2.45) is 5.41 Å². The zero-order valence-electron chi connectivity index (χ0n) is 12.7. The summed E-state index contributed by atoms with van der Waals surface area (Å²) in [5, 5.41) is 9.75. The molecule has 5 heteroatoms. The summed E-state index contributed by atoms with van der Waals surface area (Å²) < 4.78 is 2.31. The first kappa shape index (κ1) is 15.4. The molecule has 1 fully saturated rings. The van der Waals surface area contributed by atoms with Crippen LogP contribution in [-0.4, -0.2) is 26.4 Å². The van der Waals surface area contributed by atoms with E-state index in [0.717, 1.165) is 11.6 Å². The Balaban J connectivity index is 2.37. The molecule has 0 saturated heterocycles. The molecule has 1 atom stereocenters. The van der Waals surface area contributed by atoms with E-state index in [0.29, 0.717) is 12.0 Å². The summed E-state index contributed by atoms with van der Waals surface area (Å²) >= 11 is 1.33. The SMILES string of the molecule is CC(C)c1cnc(SCC(=O)O)n1C1CCCC1(C)C. The number of rotatable bonds is 5. The number of carboxylic acid groups (broad SMARTS) is 1. The first-order valence-electron chi connectivity index (χ1n) is 7.24. The van der Waals surface area contributed by atoms with Crippen LogP contribution in [0.3, 0.4) is 0 Å². The third-order valence-electron chi connectivity index (χ3n) is 4.22. The number of carbonyl (C=O) groups is 1. The highest BCUT2D eigenvalue weighted by atomic mass is 32.2. The highest BCUT2D eigenvalue weighted by Gasteiger charge is 2.38. The molecule has 1 aliphatic carbocycles. The van der Waals surface area contributed by atoms with Crippen LogP contribution in [0.25, 0.3) is 0 Å². The quantitative estimate of drug-likeness (QED) is 0.836. The van der Waals surface area contributed by atoms with E-state index in [1.807, 2.05) is 6.20 Å². The van der Waals surface area contributed by atoms with Gasteiger partial charge in [0.2, 0.25) is 0 Å². The zero-order valence-corrected chi connectivity index (χ0v) is 13.5. The fourth-order valence-electron chi connectivity index (χ4n) is 3.12. The van der Waals surface area contributed by atoms with Crippen LogP contribution in [0.2, 0.25) is 0 Å². The molecule has 0 amide bonds. The van der Waals surface area contributed by atoms with Gasteiger partial charge in [0.15, 0.2) is 5.16 Å². The summed E-state index contributed by atoms with van der Waals surface area (Å²) in [6.07, 6.45) is 5.53. The van der Waals surface area contributed by atoms with E-state index < -0.39 is 5.97 Å². The van der Waals surface area contributed by atoms with Gasteiger partial charge in [-0.1, -0.05) is 45.9 Å². The Morgan fingerprint density at radius 1 is 1.60 bits per heavy atom. The Bertz CT molecular complexity index is 494. The van der Waals surface area contributed by atoms with Gasteiger partial charge in [-0.3, -0.25) is 4.79 Å². The summed E-state index contributed by atoms with van der Waals surface area (Å²) in [4.78, 5) is 15.3. The molecule has 112 valence electrons. The lowest BCUT2D eigenvalue weighted by atomic mass is 9.87. The molecule has 0 aliphatic heterocycles. The average Bonchev–Trinajstić information content (AvgIpc) is 2.88. The van der Waals surface area contributed by atoms with E-state index in [1.165, 1.54) is 30.3 Å². The van der Waals surface area contributed by atoms with Gasteiger partial charge in [0.1, 0.15) is 0 Å². The number of hydrogen-bond donors (Lipinski definition) is 1. The van der Waals surface area contributed by atoms with E-state index >= 15 is 0 Å². The molecule has 0 bridgehead atoms. The predicted molar refractivity (Wildman–Crippen MR) is 81.3 cm³/mol. The van der Waals surface area contributed by atoms with E-state index in [4.69, 9.17) is 5.11 Å². The van der Waals surface area contributed by atoms with Gasteiger partial charge < -0.3 is 9.67 Å². The van der Waals surface area contributed by atoms with Crippen molar-refractivity contribution in [3.8, 4) is 0 Å². The number of imidazole rings is 1. The van der Waals surface area contributed by atoms with Crippen molar-refractivity contribution in [3.63, 3.8) is 0 Å². The summed E-state index contributed by atoms with van der Waals surface area (Å²) in [6.45, 7) is 8.95. The molecule has 1 heterocycles. The van der Waals surface area contributed by atoms with Crippen molar-refractivity contribution in [1.82, 2.24) is 9.55 Å². The topological polar surface area (TPSA) is 55.1 Å². The Kier molecular flexibility index (Phi) is 4.47. The Hall–Kier alpha value is -0.970. The lowest BCUT2D eigenvalue weighted by Gasteiger charge is -2.31. The summed E-state index contributed by atoms with van der Waals surface area (Å²) in [7, 11) is 0. The fourth-order valence-corrected chi connectivity index (χ4v) is 3.87. The monoisotopic (exact) mass is 296 g/mol. The van der Waals surface area contributed by atoms with Crippen LogP contribution < -0.4 is 0 Å². The molecule has 0 spiro atoms. The second kappa shape index (κ2) is 5.80. The second-order valence-electron chi connectivity index (χ2n) is 6.57. The van der Waals surface area contributed by atoms with Crippen molar-refractivity contribution in [2.75, 3.05) is 5.75 Å². The minimum Gasteiger partial charge on any atom is -0.481 e. The third-order valence-corrected chi connectivity index (χ3v) is 5.17. The molecular formula is C15H24N2O2S. The van der Waals surface area contributed by atoms with Gasteiger partial charge in [-0.05, 0) is 24.2 Å². The fraction of sp³-hybridized carbons (Fsp3) is 0.733. The predicted octanol–water partition coefficient (Wildman–Crippen LogP) is 3.93. The highest BCUT2D eigenvalue weighted by molar-refractivity contribution is 7.99. The molecule has 1 aromatic heterocycles. The number of aliphatic carboxylic acids is 1. The minimum atomic E-state index is -0.790. The molecule has 1 aromatic rings. The van der Waals surface area contributed by atoms with Crippen LogP contribution in [-0.2, 0) is 4.79 Å². The second-order valence-corrected chi connectivity index (χ2v) is 7.51. The van der Waals surface area contributed by atoms with Crippen LogP contribution >= 0.6 is 11.8 Å². The molecule has 1 unspecified atom stereocenters. The molecule has 1 aliphatic rings. The van der Waals surface area contributed by atoms with E-state index in [2.05, 4.69) is 37.2 Å². The van der Waals surface area contributed by atoms with Gasteiger partial charge >= 0.3 is 5.97 Å².